The van der Waals surface area contributed by atoms with Crippen LogP contribution in [0.5, 0.6) is 0 Å². The highest BCUT2D eigenvalue weighted by molar-refractivity contribution is 6.20. The quantitative estimate of drug-likeness (QED) is 0.450. The summed E-state index contributed by atoms with van der Waals surface area (Å²) in [5, 5.41) is 0. The van der Waals surface area contributed by atoms with Crippen molar-refractivity contribution in [1.82, 2.24) is 10.9 Å². The zero-order valence-corrected chi connectivity index (χ0v) is 8.16. The molecule has 2 rings (SSSR count). The predicted octanol–water partition coefficient (Wildman–Crippen LogP) is 2.14. The molecule has 2 nitrogen and oxygen atoms in total. The summed E-state index contributed by atoms with van der Waals surface area (Å²) in [6.07, 6.45) is 9.16. The molecule has 0 amide bonds. The molecule has 1 saturated carbocycles. The van der Waals surface area contributed by atoms with E-state index in [0.29, 0.717) is 5.54 Å². The third-order valence-electron chi connectivity index (χ3n) is 3.18. The predicted molar refractivity (Wildman–Crippen MR) is 51.0 cm³/mol. The summed E-state index contributed by atoms with van der Waals surface area (Å²) < 4.78 is 0. The van der Waals surface area contributed by atoms with E-state index in [1.54, 1.807) is 0 Å². The standard InChI is InChI=1S/C9H17ClN2/c10-8-4-7-9(12-11-8)5-2-1-3-6-9/h8,11-12H,1-7H2. The highest BCUT2D eigenvalue weighted by Crippen LogP contribution is 2.34. The fraction of sp³-hybridized carbons (Fsp3) is 1.00. The van der Waals surface area contributed by atoms with Crippen LogP contribution >= 0.6 is 11.6 Å². The van der Waals surface area contributed by atoms with Gasteiger partial charge in [0, 0.05) is 5.54 Å². The van der Waals surface area contributed by atoms with E-state index in [-0.39, 0.29) is 5.50 Å². The second-order valence-electron chi connectivity index (χ2n) is 4.12. The summed E-state index contributed by atoms with van der Waals surface area (Å²) in [6, 6.07) is 0. The fourth-order valence-corrected chi connectivity index (χ4v) is 2.54. The third kappa shape index (κ3) is 1.76. The summed E-state index contributed by atoms with van der Waals surface area (Å²) >= 11 is 5.95. The molecular formula is C9H17ClN2. The van der Waals surface area contributed by atoms with Gasteiger partial charge in [0.05, 0.1) is 5.50 Å². The molecule has 0 radical (unpaired) electrons. The van der Waals surface area contributed by atoms with E-state index >= 15 is 0 Å². The molecule has 2 fully saturated rings. The SMILES string of the molecule is ClC1CCC2(CCCCC2)NN1. The van der Waals surface area contributed by atoms with E-state index in [2.05, 4.69) is 10.9 Å². The van der Waals surface area contributed by atoms with Crippen molar-refractivity contribution >= 4 is 11.6 Å². The number of hydrogen-bond donors (Lipinski definition) is 2. The molecule has 1 atom stereocenters. The molecule has 1 saturated heterocycles. The van der Waals surface area contributed by atoms with Crippen molar-refractivity contribution in [3.05, 3.63) is 0 Å². The van der Waals surface area contributed by atoms with Crippen LogP contribution < -0.4 is 10.9 Å². The number of hydrogen-bond acceptors (Lipinski definition) is 2. The maximum atomic E-state index is 5.95. The van der Waals surface area contributed by atoms with Gasteiger partial charge >= 0.3 is 0 Å². The van der Waals surface area contributed by atoms with Crippen molar-refractivity contribution in [2.75, 3.05) is 0 Å². The molecule has 1 aliphatic carbocycles. The first-order valence-electron chi connectivity index (χ1n) is 4.98. The third-order valence-corrected chi connectivity index (χ3v) is 3.51. The highest BCUT2D eigenvalue weighted by Gasteiger charge is 2.35. The lowest BCUT2D eigenvalue weighted by atomic mass is 9.78. The Kier molecular flexibility index (Phi) is 2.58. The number of nitrogens with one attached hydrogen (secondary N) is 2. The first-order valence-corrected chi connectivity index (χ1v) is 5.41. The molecule has 0 aromatic carbocycles. The Labute approximate surface area is 79.0 Å². The first-order chi connectivity index (χ1) is 5.81. The van der Waals surface area contributed by atoms with E-state index in [4.69, 9.17) is 11.6 Å². The van der Waals surface area contributed by atoms with Crippen LogP contribution in [0, 0.1) is 0 Å². The molecule has 12 heavy (non-hydrogen) atoms. The molecule has 1 unspecified atom stereocenters. The Bertz CT molecular complexity index is 145. The van der Waals surface area contributed by atoms with E-state index in [0.717, 1.165) is 6.42 Å². The van der Waals surface area contributed by atoms with Gasteiger partial charge in [0.15, 0.2) is 0 Å². The van der Waals surface area contributed by atoms with Crippen LogP contribution in [-0.2, 0) is 0 Å². The lowest BCUT2D eigenvalue weighted by Gasteiger charge is -2.43. The normalized spacial score (nSPS) is 35.2. The van der Waals surface area contributed by atoms with Crippen molar-refractivity contribution in [2.24, 2.45) is 0 Å². The summed E-state index contributed by atoms with van der Waals surface area (Å²) in [7, 11) is 0. The van der Waals surface area contributed by atoms with Gasteiger partial charge in [-0.2, -0.15) is 0 Å². The molecule has 0 aromatic heterocycles. The largest absolute Gasteiger partial charge is 0.250 e. The molecule has 1 spiro atoms. The zero-order valence-electron chi connectivity index (χ0n) is 7.41. The molecular weight excluding hydrogens is 172 g/mol. The Balaban J connectivity index is 1.92. The van der Waals surface area contributed by atoms with E-state index in [9.17, 15) is 0 Å². The van der Waals surface area contributed by atoms with E-state index < -0.39 is 0 Å². The van der Waals surface area contributed by atoms with Gasteiger partial charge in [-0.3, -0.25) is 5.43 Å². The van der Waals surface area contributed by atoms with Crippen LogP contribution in [0.1, 0.15) is 44.9 Å². The lowest BCUT2D eigenvalue weighted by Crippen LogP contribution is -2.59. The molecule has 0 aromatic rings. The van der Waals surface area contributed by atoms with Crippen LogP contribution in [0.15, 0.2) is 0 Å². The summed E-state index contributed by atoms with van der Waals surface area (Å²) in [5.41, 5.74) is 7.09. The molecule has 0 bridgehead atoms. The van der Waals surface area contributed by atoms with Crippen LogP contribution in [0.3, 0.4) is 0 Å². The number of alkyl halides is 1. The Morgan fingerprint density at radius 2 is 1.83 bits per heavy atom. The minimum Gasteiger partial charge on any atom is -0.250 e. The van der Waals surface area contributed by atoms with Gasteiger partial charge in [0.1, 0.15) is 0 Å². The van der Waals surface area contributed by atoms with Crippen molar-refractivity contribution in [3.63, 3.8) is 0 Å². The molecule has 2 N–H and O–H groups in total. The van der Waals surface area contributed by atoms with Crippen LogP contribution in [-0.4, -0.2) is 11.0 Å². The smallest absolute Gasteiger partial charge is 0.0952 e. The van der Waals surface area contributed by atoms with E-state index in [1.165, 1.54) is 38.5 Å². The van der Waals surface area contributed by atoms with Gasteiger partial charge in [-0.25, -0.2) is 5.43 Å². The summed E-state index contributed by atoms with van der Waals surface area (Å²) in [6.45, 7) is 0. The Morgan fingerprint density at radius 1 is 1.08 bits per heavy atom. The summed E-state index contributed by atoms with van der Waals surface area (Å²) in [5.74, 6) is 0. The molecule has 3 heteroatoms. The average Bonchev–Trinajstić information content (AvgIpc) is 2.13. The van der Waals surface area contributed by atoms with Gasteiger partial charge in [-0.1, -0.05) is 19.3 Å². The highest BCUT2D eigenvalue weighted by atomic mass is 35.5. The van der Waals surface area contributed by atoms with Gasteiger partial charge in [0.2, 0.25) is 0 Å². The van der Waals surface area contributed by atoms with E-state index in [1.807, 2.05) is 0 Å². The van der Waals surface area contributed by atoms with Crippen LogP contribution in [0.2, 0.25) is 0 Å². The van der Waals surface area contributed by atoms with Crippen molar-refractivity contribution in [3.8, 4) is 0 Å². The Morgan fingerprint density at radius 3 is 2.42 bits per heavy atom. The molecule has 1 heterocycles. The average molecular weight is 189 g/mol. The first kappa shape index (κ1) is 8.79. The maximum Gasteiger partial charge on any atom is 0.0952 e. The molecule has 2 aliphatic rings. The van der Waals surface area contributed by atoms with Crippen molar-refractivity contribution in [1.29, 1.82) is 0 Å². The Hall–Kier alpha value is 0.210. The van der Waals surface area contributed by atoms with Gasteiger partial charge in [0.25, 0.3) is 0 Å². The maximum absolute atomic E-state index is 5.95. The molecule has 70 valence electrons. The second kappa shape index (κ2) is 3.52. The van der Waals surface area contributed by atoms with Crippen LogP contribution in [0.4, 0.5) is 0 Å². The number of halogens is 1. The minimum absolute atomic E-state index is 0.137. The summed E-state index contributed by atoms with van der Waals surface area (Å²) in [4.78, 5) is 0. The zero-order chi connectivity index (χ0) is 8.44. The number of rotatable bonds is 0. The minimum atomic E-state index is 0.137. The topological polar surface area (TPSA) is 24.1 Å². The van der Waals surface area contributed by atoms with Crippen molar-refractivity contribution < 1.29 is 0 Å². The second-order valence-corrected chi connectivity index (χ2v) is 4.64. The van der Waals surface area contributed by atoms with Crippen molar-refractivity contribution in [2.45, 2.75) is 56.0 Å². The van der Waals surface area contributed by atoms with Gasteiger partial charge < -0.3 is 0 Å². The monoisotopic (exact) mass is 188 g/mol. The molecule has 1 aliphatic heterocycles. The lowest BCUT2D eigenvalue weighted by molar-refractivity contribution is 0.147. The van der Waals surface area contributed by atoms with Crippen LogP contribution in [0.25, 0.3) is 0 Å². The number of hydrazine groups is 1. The van der Waals surface area contributed by atoms with Gasteiger partial charge in [-0.15, -0.1) is 11.6 Å². The van der Waals surface area contributed by atoms with Gasteiger partial charge in [-0.05, 0) is 25.7 Å². The fourth-order valence-electron chi connectivity index (χ4n) is 2.37.